The molecule has 2 heterocycles. The third kappa shape index (κ3) is 3.78. The van der Waals surface area contributed by atoms with Gasteiger partial charge in [-0.2, -0.15) is 0 Å². The lowest BCUT2D eigenvalue weighted by atomic mass is 9.98. The number of amides is 1. The molecule has 1 unspecified atom stereocenters. The molecule has 1 fully saturated rings. The summed E-state index contributed by atoms with van der Waals surface area (Å²) in [4.78, 5) is 15.2. The molecule has 140 valence electrons. The Kier molecular flexibility index (Phi) is 5.30. The molecule has 3 aromatic rings. The number of likely N-dealkylation sites (tertiary alicyclic amines) is 1. The average Bonchev–Trinajstić information content (AvgIpc) is 3.22. The first-order valence-corrected chi connectivity index (χ1v) is 10.2. The molecule has 4 rings (SSSR count). The number of fused-ring (bicyclic) bond motifs is 1. The average molecular weight is 381 g/mol. The number of carbonyl (C=O) groups is 1. The van der Waals surface area contributed by atoms with E-state index in [1.165, 1.54) is 0 Å². The van der Waals surface area contributed by atoms with Gasteiger partial charge in [-0.1, -0.05) is 18.2 Å². The summed E-state index contributed by atoms with van der Waals surface area (Å²) in [5.74, 6) is 2.17. The van der Waals surface area contributed by atoms with Gasteiger partial charge in [-0.3, -0.25) is 4.79 Å². The van der Waals surface area contributed by atoms with Crippen LogP contribution in [0.2, 0.25) is 0 Å². The molecule has 1 saturated heterocycles. The van der Waals surface area contributed by atoms with Gasteiger partial charge in [-0.15, -0.1) is 11.3 Å². The van der Waals surface area contributed by atoms with E-state index in [2.05, 4.69) is 0 Å². The molecule has 5 heteroatoms. The van der Waals surface area contributed by atoms with E-state index in [0.29, 0.717) is 12.5 Å². The number of carbonyl (C=O) groups excluding carboxylic acids is 1. The monoisotopic (exact) mass is 381 g/mol. The molecule has 1 aromatic heterocycles. The maximum absolute atomic E-state index is 13.2. The largest absolute Gasteiger partial charge is 0.496 e. The molecule has 0 saturated carbocycles. The fourth-order valence-electron chi connectivity index (χ4n) is 3.67. The number of para-hydroxylation sites is 1. The van der Waals surface area contributed by atoms with Crippen LogP contribution in [0.15, 0.2) is 53.9 Å². The molecule has 1 aliphatic heterocycles. The van der Waals surface area contributed by atoms with Crippen molar-refractivity contribution in [2.24, 2.45) is 5.92 Å². The van der Waals surface area contributed by atoms with Crippen LogP contribution in [0.3, 0.4) is 0 Å². The SMILES string of the molecule is COc1ccc(C(=O)N2CCCC(COc3ccccc3)C2)c2sccc12. The Morgan fingerprint density at radius 2 is 2.04 bits per heavy atom. The lowest BCUT2D eigenvalue weighted by Gasteiger charge is -2.33. The predicted octanol–water partition coefficient (Wildman–Crippen LogP) is 4.84. The number of piperidine rings is 1. The topological polar surface area (TPSA) is 38.8 Å². The second-order valence-corrected chi connectivity index (χ2v) is 7.78. The zero-order chi connectivity index (χ0) is 18.6. The van der Waals surface area contributed by atoms with Gasteiger partial charge >= 0.3 is 0 Å². The van der Waals surface area contributed by atoms with Crippen molar-refractivity contribution < 1.29 is 14.3 Å². The quantitative estimate of drug-likeness (QED) is 0.635. The highest BCUT2D eigenvalue weighted by molar-refractivity contribution is 7.17. The van der Waals surface area contributed by atoms with Crippen LogP contribution in [-0.2, 0) is 0 Å². The highest BCUT2D eigenvalue weighted by Crippen LogP contribution is 2.34. The van der Waals surface area contributed by atoms with Crippen LogP contribution in [0, 0.1) is 5.92 Å². The van der Waals surface area contributed by atoms with Crippen LogP contribution >= 0.6 is 11.3 Å². The fourth-order valence-corrected chi connectivity index (χ4v) is 4.59. The maximum atomic E-state index is 13.2. The van der Waals surface area contributed by atoms with Crippen molar-refractivity contribution in [2.75, 3.05) is 26.8 Å². The molecule has 0 N–H and O–H groups in total. The van der Waals surface area contributed by atoms with Crippen LogP contribution in [0.4, 0.5) is 0 Å². The Morgan fingerprint density at radius 3 is 2.85 bits per heavy atom. The molecule has 0 spiro atoms. The lowest BCUT2D eigenvalue weighted by molar-refractivity contribution is 0.0635. The Balaban J connectivity index is 1.47. The molecule has 1 atom stereocenters. The molecule has 2 aromatic carbocycles. The molecule has 0 bridgehead atoms. The van der Waals surface area contributed by atoms with Crippen LogP contribution in [-0.4, -0.2) is 37.6 Å². The van der Waals surface area contributed by atoms with E-state index in [4.69, 9.17) is 9.47 Å². The second-order valence-electron chi connectivity index (χ2n) is 6.86. The van der Waals surface area contributed by atoms with Gasteiger partial charge in [0, 0.05) is 24.4 Å². The summed E-state index contributed by atoms with van der Waals surface area (Å²) in [6, 6.07) is 15.7. The van der Waals surface area contributed by atoms with Crippen LogP contribution in [0.1, 0.15) is 23.2 Å². The van der Waals surface area contributed by atoms with Crippen molar-refractivity contribution >= 4 is 27.3 Å². The van der Waals surface area contributed by atoms with Gasteiger partial charge in [0.2, 0.25) is 0 Å². The Labute approximate surface area is 163 Å². The molecular weight excluding hydrogens is 358 g/mol. The number of ether oxygens (including phenoxy) is 2. The van der Waals surface area contributed by atoms with Crippen molar-refractivity contribution in [3.8, 4) is 11.5 Å². The van der Waals surface area contributed by atoms with Gasteiger partial charge in [0.05, 0.1) is 24.0 Å². The zero-order valence-electron chi connectivity index (χ0n) is 15.4. The fraction of sp³-hybridized carbons (Fsp3) is 0.318. The maximum Gasteiger partial charge on any atom is 0.255 e. The van der Waals surface area contributed by atoms with Crippen molar-refractivity contribution in [1.82, 2.24) is 4.90 Å². The van der Waals surface area contributed by atoms with E-state index in [-0.39, 0.29) is 5.91 Å². The number of benzene rings is 2. The molecule has 4 nitrogen and oxygen atoms in total. The van der Waals surface area contributed by atoms with Crippen LogP contribution in [0.25, 0.3) is 10.1 Å². The Bertz CT molecular complexity index is 922. The normalized spacial score (nSPS) is 17.1. The summed E-state index contributed by atoms with van der Waals surface area (Å²) in [7, 11) is 1.66. The minimum Gasteiger partial charge on any atom is -0.496 e. The van der Waals surface area contributed by atoms with E-state index in [1.54, 1.807) is 18.4 Å². The standard InChI is InChI=1S/C22H23NO3S/c1-25-20-10-9-19(21-18(20)11-13-27-21)22(24)23-12-5-6-16(14-23)15-26-17-7-3-2-4-8-17/h2-4,7-11,13,16H,5-6,12,14-15H2,1H3. The summed E-state index contributed by atoms with van der Waals surface area (Å²) < 4.78 is 12.3. The predicted molar refractivity (Wildman–Crippen MR) is 109 cm³/mol. The van der Waals surface area contributed by atoms with Crippen LogP contribution in [0.5, 0.6) is 11.5 Å². The smallest absolute Gasteiger partial charge is 0.255 e. The summed E-state index contributed by atoms with van der Waals surface area (Å²) in [5.41, 5.74) is 0.769. The molecule has 1 amide bonds. The van der Waals surface area contributed by atoms with E-state index in [9.17, 15) is 4.79 Å². The van der Waals surface area contributed by atoms with Gasteiger partial charge < -0.3 is 14.4 Å². The second kappa shape index (κ2) is 8.01. The number of hydrogen-bond donors (Lipinski definition) is 0. The Hall–Kier alpha value is -2.53. The van der Waals surface area contributed by atoms with Gasteiger partial charge in [0.15, 0.2) is 0 Å². The third-order valence-electron chi connectivity index (χ3n) is 5.06. The number of rotatable bonds is 5. The first-order valence-electron chi connectivity index (χ1n) is 9.27. The highest BCUT2D eigenvalue weighted by atomic mass is 32.1. The molecule has 0 radical (unpaired) electrons. The highest BCUT2D eigenvalue weighted by Gasteiger charge is 2.26. The lowest BCUT2D eigenvalue weighted by Crippen LogP contribution is -2.41. The number of thiophene rings is 1. The van der Waals surface area contributed by atoms with Gasteiger partial charge in [-0.25, -0.2) is 0 Å². The summed E-state index contributed by atoms with van der Waals surface area (Å²) in [6.45, 7) is 2.19. The zero-order valence-corrected chi connectivity index (χ0v) is 16.2. The van der Waals surface area contributed by atoms with Crippen molar-refractivity contribution in [1.29, 1.82) is 0 Å². The van der Waals surface area contributed by atoms with Gasteiger partial charge in [0.1, 0.15) is 11.5 Å². The van der Waals surface area contributed by atoms with E-state index in [1.807, 2.05) is 58.8 Å². The van der Waals surface area contributed by atoms with Crippen molar-refractivity contribution in [3.05, 3.63) is 59.5 Å². The molecule has 1 aliphatic rings. The van der Waals surface area contributed by atoms with E-state index in [0.717, 1.165) is 53.1 Å². The van der Waals surface area contributed by atoms with Gasteiger partial charge in [0.25, 0.3) is 5.91 Å². The van der Waals surface area contributed by atoms with E-state index >= 15 is 0 Å². The van der Waals surface area contributed by atoms with Gasteiger partial charge in [-0.05, 0) is 48.6 Å². The summed E-state index contributed by atoms with van der Waals surface area (Å²) in [5, 5.41) is 3.02. The minimum absolute atomic E-state index is 0.106. The van der Waals surface area contributed by atoms with E-state index < -0.39 is 0 Å². The third-order valence-corrected chi connectivity index (χ3v) is 6.01. The number of hydrogen-bond acceptors (Lipinski definition) is 4. The first kappa shape index (κ1) is 17.9. The minimum atomic E-state index is 0.106. The number of methoxy groups -OCH3 is 1. The molecular formula is C22H23NO3S. The Morgan fingerprint density at radius 1 is 1.19 bits per heavy atom. The first-order chi connectivity index (χ1) is 13.3. The van der Waals surface area contributed by atoms with Crippen molar-refractivity contribution in [2.45, 2.75) is 12.8 Å². The van der Waals surface area contributed by atoms with Crippen molar-refractivity contribution in [3.63, 3.8) is 0 Å². The number of nitrogens with zero attached hydrogens (tertiary/aromatic N) is 1. The summed E-state index contributed by atoms with van der Waals surface area (Å²) >= 11 is 1.59. The summed E-state index contributed by atoms with van der Waals surface area (Å²) in [6.07, 6.45) is 2.10. The molecule has 0 aliphatic carbocycles. The van der Waals surface area contributed by atoms with Crippen LogP contribution < -0.4 is 9.47 Å². The molecule has 27 heavy (non-hydrogen) atoms.